The van der Waals surface area contributed by atoms with E-state index in [-0.39, 0.29) is 11.3 Å². The third-order valence-electron chi connectivity index (χ3n) is 7.04. The Bertz CT molecular complexity index is 1650. The van der Waals surface area contributed by atoms with Gasteiger partial charge in [0, 0.05) is 16.3 Å². The van der Waals surface area contributed by atoms with Crippen LogP contribution in [0.2, 0.25) is 5.02 Å². The van der Waals surface area contributed by atoms with E-state index in [1.165, 1.54) is 12.0 Å². The summed E-state index contributed by atoms with van der Waals surface area (Å²) in [5.74, 6) is -0.257. The Kier molecular flexibility index (Phi) is 8.50. The van der Waals surface area contributed by atoms with Crippen molar-refractivity contribution >= 4 is 34.7 Å². The van der Waals surface area contributed by atoms with Gasteiger partial charge in [-0.3, -0.25) is 14.5 Å². The number of carbonyl (C=O) groups is 2. The molecule has 0 radical (unpaired) electrons. The van der Waals surface area contributed by atoms with Gasteiger partial charge in [-0.05, 0) is 85.1 Å². The van der Waals surface area contributed by atoms with Gasteiger partial charge in [-0.1, -0.05) is 48.0 Å². The van der Waals surface area contributed by atoms with Gasteiger partial charge in [0.15, 0.2) is 11.5 Å². The van der Waals surface area contributed by atoms with Crippen molar-refractivity contribution in [2.75, 3.05) is 18.6 Å². The molecule has 1 N–H and O–H groups in total. The normalized spacial score (nSPS) is 16.0. The van der Waals surface area contributed by atoms with Crippen molar-refractivity contribution < 1.29 is 28.9 Å². The SMILES string of the molecule is CCOc1cc(C2/C(=C(/O)c3ccc(OCc4ccccc4)c(C)c3)C(=O)C(=O)N2c2ccc(Cl)cc2)ccc1OC. The van der Waals surface area contributed by atoms with Crippen LogP contribution in [0.25, 0.3) is 5.76 Å². The average Bonchev–Trinajstić information content (AvgIpc) is 3.27. The fraction of sp³-hybridized carbons (Fsp3) is 0.176. The van der Waals surface area contributed by atoms with E-state index in [1.54, 1.807) is 60.7 Å². The number of hydrogen-bond donors (Lipinski definition) is 1. The first-order valence-corrected chi connectivity index (χ1v) is 13.8. The molecule has 1 aliphatic heterocycles. The summed E-state index contributed by atoms with van der Waals surface area (Å²) >= 11 is 6.11. The zero-order chi connectivity index (χ0) is 29.8. The highest BCUT2D eigenvalue weighted by Crippen LogP contribution is 2.44. The second kappa shape index (κ2) is 12.4. The summed E-state index contributed by atoms with van der Waals surface area (Å²) in [6, 6.07) is 25.8. The topological polar surface area (TPSA) is 85.3 Å². The number of ketones is 1. The molecule has 5 rings (SSSR count). The van der Waals surface area contributed by atoms with Gasteiger partial charge in [-0.25, -0.2) is 0 Å². The molecule has 1 aliphatic rings. The van der Waals surface area contributed by atoms with Gasteiger partial charge >= 0.3 is 0 Å². The van der Waals surface area contributed by atoms with E-state index in [9.17, 15) is 14.7 Å². The molecule has 7 nitrogen and oxygen atoms in total. The van der Waals surface area contributed by atoms with Crippen LogP contribution in [0, 0.1) is 6.92 Å². The highest BCUT2D eigenvalue weighted by molar-refractivity contribution is 6.51. The standard InChI is InChI=1S/C34H30ClNO6/c1-4-41-29-19-23(10-17-28(29)40-3)31-30(33(38)34(39)36(31)26-14-12-25(35)13-15-26)32(37)24-11-16-27(21(2)18-24)42-20-22-8-6-5-7-9-22/h5-19,31,37H,4,20H2,1-3H3/b32-30-. The number of Topliss-reactive ketones (excluding diaryl/α,β-unsaturated/α-hetero) is 1. The van der Waals surface area contributed by atoms with E-state index >= 15 is 0 Å². The average molecular weight is 584 g/mol. The van der Waals surface area contributed by atoms with E-state index in [0.717, 1.165) is 11.1 Å². The number of methoxy groups -OCH3 is 1. The first-order chi connectivity index (χ1) is 20.3. The molecule has 0 aromatic heterocycles. The lowest BCUT2D eigenvalue weighted by atomic mass is 9.94. The van der Waals surface area contributed by atoms with E-state index < -0.39 is 17.7 Å². The predicted molar refractivity (Wildman–Crippen MR) is 162 cm³/mol. The number of nitrogens with zero attached hydrogens (tertiary/aromatic N) is 1. The maximum atomic E-state index is 13.6. The number of carbonyl (C=O) groups excluding carboxylic acids is 2. The van der Waals surface area contributed by atoms with Crippen molar-refractivity contribution in [3.05, 3.63) is 124 Å². The number of benzene rings is 4. The minimum absolute atomic E-state index is 0.0417. The Morgan fingerprint density at radius 2 is 1.60 bits per heavy atom. The minimum Gasteiger partial charge on any atom is -0.507 e. The van der Waals surface area contributed by atoms with Crippen LogP contribution in [0.4, 0.5) is 5.69 Å². The van der Waals surface area contributed by atoms with Crippen LogP contribution >= 0.6 is 11.6 Å². The molecule has 42 heavy (non-hydrogen) atoms. The number of rotatable bonds is 9. The largest absolute Gasteiger partial charge is 0.507 e. The molecule has 1 saturated heterocycles. The van der Waals surface area contributed by atoms with E-state index in [4.69, 9.17) is 25.8 Å². The Hall–Kier alpha value is -4.75. The van der Waals surface area contributed by atoms with Gasteiger partial charge in [-0.15, -0.1) is 0 Å². The van der Waals surface area contributed by atoms with Crippen LogP contribution in [0.5, 0.6) is 17.2 Å². The van der Waals surface area contributed by atoms with Crippen molar-refractivity contribution in [1.82, 2.24) is 0 Å². The zero-order valence-corrected chi connectivity index (χ0v) is 24.2. The number of anilines is 1. The van der Waals surface area contributed by atoms with Gasteiger partial charge < -0.3 is 19.3 Å². The third-order valence-corrected chi connectivity index (χ3v) is 7.29. The summed E-state index contributed by atoms with van der Waals surface area (Å²) in [5, 5.41) is 12.1. The lowest BCUT2D eigenvalue weighted by Gasteiger charge is -2.26. The molecule has 1 atom stereocenters. The summed E-state index contributed by atoms with van der Waals surface area (Å²) in [6.45, 7) is 4.48. The smallest absolute Gasteiger partial charge is 0.300 e. The van der Waals surface area contributed by atoms with Crippen molar-refractivity contribution in [3.63, 3.8) is 0 Å². The number of ether oxygens (including phenoxy) is 3. The molecule has 8 heteroatoms. The Balaban J connectivity index is 1.59. The summed E-state index contributed by atoms with van der Waals surface area (Å²) < 4.78 is 17.2. The predicted octanol–water partition coefficient (Wildman–Crippen LogP) is 7.26. The first-order valence-electron chi connectivity index (χ1n) is 13.5. The van der Waals surface area contributed by atoms with Crippen molar-refractivity contribution in [3.8, 4) is 17.2 Å². The van der Waals surface area contributed by atoms with Crippen LogP contribution < -0.4 is 19.1 Å². The maximum absolute atomic E-state index is 13.6. The van der Waals surface area contributed by atoms with E-state index in [0.29, 0.717) is 52.3 Å². The van der Waals surface area contributed by atoms with Crippen molar-refractivity contribution in [2.24, 2.45) is 0 Å². The van der Waals surface area contributed by atoms with E-state index in [2.05, 4.69) is 0 Å². The summed E-state index contributed by atoms with van der Waals surface area (Å²) in [7, 11) is 1.53. The van der Waals surface area contributed by atoms with Crippen LogP contribution in [0.15, 0.2) is 96.6 Å². The number of hydrogen-bond acceptors (Lipinski definition) is 6. The fourth-order valence-corrected chi connectivity index (χ4v) is 5.12. The van der Waals surface area contributed by atoms with Crippen LogP contribution in [-0.2, 0) is 16.2 Å². The molecular formula is C34H30ClNO6. The maximum Gasteiger partial charge on any atom is 0.300 e. The molecule has 1 fully saturated rings. The van der Waals surface area contributed by atoms with Gasteiger partial charge in [0.25, 0.3) is 11.7 Å². The number of aryl methyl sites for hydroxylation is 1. The Labute approximate surface area is 249 Å². The molecule has 4 aromatic carbocycles. The minimum atomic E-state index is -0.939. The van der Waals surface area contributed by atoms with Crippen molar-refractivity contribution in [1.29, 1.82) is 0 Å². The molecule has 0 spiro atoms. The summed E-state index contributed by atoms with van der Waals surface area (Å²) in [6.07, 6.45) is 0. The summed E-state index contributed by atoms with van der Waals surface area (Å²) in [5.41, 5.74) is 3.16. The van der Waals surface area contributed by atoms with Gasteiger partial charge in [-0.2, -0.15) is 0 Å². The Morgan fingerprint density at radius 3 is 2.26 bits per heavy atom. The number of halogens is 1. The first kappa shape index (κ1) is 28.8. The molecular weight excluding hydrogens is 554 g/mol. The molecule has 1 unspecified atom stereocenters. The molecule has 0 bridgehead atoms. The number of amides is 1. The van der Waals surface area contributed by atoms with Crippen LogP contribution in [0.3, 0.4) is 0 Å². The Morgan fingerprint density at radius 1 is 0.881 bits per heavy atom. The molecule has 1 heterocycles. The van der Waals surface area contributed by atoms with E-state index in [1.807, 2.05) is 44.2 Å². The van der Waals surface area contributed by atoms with Crippen LogP contribution in [-0.4, -0.2) is 30.5 Å². The zero-order valence-electron chi connectivity index (χ0n) is 23.5. The number of aliphatic hydroxyl groups is 1. The second-order valence-corrected chi connectivity index (χ2v) is 10.2. The van der Waals surface area contributed by atoms with Gasteiger partial charge in [0.1, 0.15) is 18.1 Å². The van der Waals surface area contributed by atoms with Gasteiger partial charge in [0.05, 0.1) is 25.3 Å². The molecule has 4 aromatic rings. The fourth-order valence-electron chi connectivity index (χ4n) is 5.00. The quantitative estimate of drug-likeness (QED) is 0.127. The third kappa shape index (κ3) is 5.69. The summed E-state index contributed by atoms with van der Waals surface area (Å²) in [4.78, 5) is 28.5. The monoisotopic (exact) mass is 583 g/mol. The lowest BCUT2D eigenvalue weighted by molar-refractivity contribution is -0.132. The highest BCUT2D eigenvalue weighted by Gasteiger charge is 2.47. The molecule has 214 valence electrons. The molecule has 0 aliphatic carbocycles. The van der Waals surface area contributed by atoms with Crippen molar-refractivity contribution in [2.45, 2.75) is 26.5 Å². The molecule has 0 saturated carbocycles. The highest BCUT2D eigenvalue weighted by atomic mass is 35.5. The van der Waals surface area contributed by atoms with Gasteiger partial charge in [0.2, 0.25) is 0 Å². The second-order valence-electron chi connectivity index (χ2n) is 9.74. The lowest BCUT2D eigenvalue weighted by Crippen LogP contribution is -2.29. The number of aliphatic hydroxyl groups excluding tert-OH is 1. The van der Waals surface area contributed by atoms with Crippen LogP contribution in [0.1, 0.15) is 35.2 Å². The molecule has 1 amide bonds.